The highest BCUT2D eigenvalue weighted by atomic mass is 19.1. The Hall–Kier alpha value is -3.22. The SMILES string of the molecule is Nc1nc(-c2ccco2)n2ncc(Cc3ccccc3F)c2n1. The molecule has 2 N–H and O–H groups in total. The van der Waals surface area contributed by atoms with Gasteiger partial charge in [0, 0.05) is 12.0 Å². The number of anilines is 1. The summed E-state index contributed by atoms with van der Waals surface area (Å²) >= 11 is 0. The Kier molecular flexibility index (Phi) is 3.04. The lowest BCUT2D eigenvalue weighted by molar-refractivity contribution is 0.573. The third-order valence-electron chi connectivity index (χ3n) is 3.54. The van der Waals surface area contributed by atoms with E-state index in [0.717, 1.165) is 5.56 Å². The van der Waals surface area contributed by atoms with Gasteiger partial charge in [0.05, 0.1) is 12.5 Å². The molecule has 23 heavy (non-hydrogen) atoms. The number of nitrogen functional groups attached to an aromatic ring is 1. The van der Waals surface area contributed by atoms with E-state index < -0.39 is 0 Å². The summed E-state index contributed by atoms with van der Waals surface area (Å²) in [5, 5.41) is 4.30. The average molecular weight is 309 g/mol. The van der Waals surface area contributed by atoms with Crippen molar-refractivity contribution < 1.29 is 8.81 Å². The molecule has 1 aromatic carbocycles. The first-order valence-corrected chi connectivity index (χ1v) is 7.00. The van der Waals surface area contributed by atoms with E-state index in [0.29, 0.717) is 29.2 Å². The summed E-state index contributed by atoms with van der Waals surface area (Å²) in [6.45, 7) is 0. The summed E-state index contributed by atoms with van der Waals surface area (Å²) < 4.78 is 20.8. The van der Waals surface area contributed by atoms with E-state index in [9.17, 15) is 4.39 Å². The lowest BCUT2D eigenvalue weighted by atomic mass is 10.1. The Balaban J connectivity index is 1.85. The summed E-state index contributed by atoms with van der Waals surface area (Å²) in [5.41, 5.74) is 7.67. The predicted octanol–water partition coefficient (Wildman–Crippen LogP) is 2.70. The minimum Gasteiger partial charge on any atom is -0.461 e. The number of nitrogens with two attached hydrogens (primary N) is 1. The first-order valence-electron chi connectivity index (χ1n) is 7.00. The van der Waals surface area contributed by atoms with E-state index in [-0.39, 0.29) is 11.8 Å². The van der Waals surface area contributed by atoms with Gasteiger partial charge in [0.25, 0.3) is 0 Å². The number of hydrogen-bond donors (Lipinski definition) is 1. The molecule has 0 bridgehead atoms. The molecule has 0 saturated heterocycles. The zero-order valence-electron chi connectivity index (χ0n) is 12.0. The number of halogens is 1. The molecule has 0 atom stereocenters. The summed E-state index contributed by atoms with van der Waals surface area (Å²) in [6.07, 6.45) is 3.55. The second-order valence-electron chi connectivity index (χ2n) is 5.06. The summed E-state index contributed by atoms with van der Waals surface area (Å²) in [5.74, 6) is 0.834. The number of hydrogen-bond acceptors (Lipinski definition) is 5. The quantitative estimate of drug-likeness (QED) is 0.629. The van der Waals surface area contributed by atoms with Gasteiger partial charge in [0.1, 0.15) is 5.82 Å². The number of furan rings is 1. The highest BCUT2D eigenvalue weighted by Gasteiger charge is 2.16. The molecular formula is C16H12FN5O. The van der Waals surface area contributed by atoms with Gasteiger partial charge >= 0.3 is 0 Å². The van der Waals surface area contributed by atoms with Crippen molar-refractivity contribution in [3.8, 4) is 11.6 Å². The number of fused-ring (bicyclic) bond motifs is 1. The van der Waals surface area contributed by atoms with E-state index in [1.54, 1.807) is 47.3 Å². The van der Waals surface area contributed by atoms with Gasteiger partial charge < -0.3 is 10.2 Å². The van der Waals surface area contributed by atoms with Crippen LogP contribution in [0.3, 0.4) is 0 Å². The number of aromatic nitrogens is 4. The second kappa shape index (κ2) is 5.20. The number of nitrogens with zero attached hydrogens (tertiary/aromatic N) is 4. The molecule has 0 amide bonds. The van der Waals surface area contributed by atoms with Crippen molar-refractivity contribution in [3.05, 3.63) is 65.8 Å². The third-order valence-corrected chi connectivity index (χ3v) is 3.54. The molecule has 7 heteroatoms. The monoisotopic (exact) mass is 309 g/mol. The normalized spacial score (nSPS) is 11.2. The topological polar surface area (TPSA) is 82.2 Å². The van der Waals surface area contributed by atoms with Crippen molar-refractivity contribution in [2.75, 3.05) is 5.73 Å². The minimum absolute atomic E-state index is 0.110. The van der Waals surface area contributed by atoms with Gasteiger partial charge in [-0.3, -0.25) is 0 Å². The van der Waals surface area contributed by atoms with Gasteiger partial charge in [0.2, 0.25) is 11.8 Å². The molecule has 4 aromatic rings. The molecule has 0 saturated carbocycles. The number of benzene rings is 1. The minimum atomic E-state index is -0.264. The maximum atomic E-state index is 13.9. The molecule has 0 radical (unpaired) electrons. The first kappa shape index (κ1) is 13.4. The van der Waals surface area contributed by atoms with Crippen LogP contribution >= 0.6 is 0 Å². The Morgan fingerprint density at radius 3 is 2.74 bits per heavy atom. The van der Waals surface area contributed by atoms with Crippen LogP contribution in [0.1, 0.15) is 11.1 Å². The van der Waals surface area contributed by atoms with Crippen molar-refractivity contribution in [1.29, 1.82) is 0 Å². The smallest absolute Gasteiger partial charge is 0.224 e. The van der Waals surface area contributed by atoms with Crippen molar-refractivity contribution >= 4 is 11.6 Å². The standard InChI is InChI=1S/C16H12FN5O/c17-12-5-2-1-4-10(12)8-11-9-19-22-14(11)20-16(18)21-15(22)13-6-3-7-23-13/h1-7,9H,8H2,(H2,18,20). The highest BCUT2D eigenvalue weighted by Crippen LogP contribution is 2.22. The fourth-order valence-corrected chi connectivity index (χ4v) is 2.48. The summed E-state index contributed by atoms with van der Waals surface area (Å²) in [6, 6.07) is 10.1. The average Bonchev–Trinajstić information content (AvgIpc) is 3.19. The van der Waals surface area contributed by atoms with Gasteiger partial charge in [-0.15, -0.1) is 0 Å². The van der Waals surface area contributed by atoms with Crippen LogP contribution in [0.2, 0.25) is 0 Å². The van der Waals surface area contributed by atoms with E-state index >= 15 is 0 Å². The van der Waals surface area contributed by atoms with Crippen LogP contribution in [0.4, 0.5) is 10.3 Å². The summed E-state index contributed by atoms with van der Waals surface area (Å²) in [4.78, 5) is 8.42. The van der Waals surface area contributed by atoms with Gasteiger partial charge in [-0.2, -0.15) is 19.6 Å². The van der Waals surface area contributed by atoms with Crippen LogP contribution in [-0.2, 0) is 6.42 Å². The van der Waals surface area contributed by atoms with Gasteiger partial charge in [-0.1, -0.05) is 18.2 Å². The Labute approximate surface area is 130 Å². The zero-order valence-corrected chi connectivity index (χ0v) is 12.0. The van der Waals surface area contributed by atoms with Crippen molar-refractivity contribution in [2.45, 2.75) is 6.42 Å². The largest absolute Gasteiger partial charge is 0.461 e. The molecule has 6 nitrogen and oxygen atoms in total. The molecule has 114 valence electrons. The molecule has 0 aliphatic carbocycles. The lowest BCUT2D eigenvalue weighted by Crippen LogP contribution is -2.05. The maximum Gasteiger partial charge on any atom is 0.224 e. The van der Waals surface area contributed by atoms with Crippen LogP contribution in [-0.4, -0.2) is 19.6 Å². The molecule has 0 unspecified atom stereocenters. The highest BCUT2D eigenvalue weighted by molar-refractivity contribution is 5.59. The van der Waals surface area contributed by atoms with Gasteiger partial charge in [-0.05, 0) is 23.8 Å². The molecular weight excluding hydrogens is 297 g/mol. The Morgan fingerprint density at radius 2 is 1.96 bits per heavy atom. The van der Waals surface area contributed by atoms with Crippen LogP contribution in [0.25, 0.3) is 17.2 Å². The molecule has 0 spiro atoms. The lowest BCUT2D eigenvalue weighted by Gasteiger charge is -2.04. The van der Waals surface area contributed by atoms with E-state index in [1.807, 2.05) is 0 Å². The number of rotatable bonds is 3. The fraction of sp³-hybridized carbons (Fsp3) is 0.0625. The predicted molar refractivity (Wildman–Crippen MR) is 82.1 cm³/mol. The molecule has 3 aromatic heterocycles. The third kappa shape index (κ3) is 2.32. The molecule has 0 aliphatic rings. The maximum absolute atomic E-state index is 13.9. The van der Waals surface area contributed by atoms with Crippen LogP contribution in [0, 0.1) is 5.82 Å². The van der Waals surface area contributed by atoms with Crippen molar-refractivity contribution in [1.82, 2.24) is 19.6 Å². The fourth-order valence-electron chi connectivity index (χ4n) is 2.48. The molecule has 4 rings (SSSR count). The van der Waals surface area contributed by atoms with E-state index in [1.165, 1.54) is 6.07 Å². The molecule has 0 fully saturated rings. The van der Waals surface area contributed by atoms with Crippen LogP contribution < -0.4 is 5.73 Å². The van der Waals surface area contributed by atoms with E-state index in [2.05, 4.69) is 15.1 Å². The van der Waals surface area contributed by atoms with Gasteiger partial charge in [-0.25, -0.2) is 4.39 Å². The van der Waals surface area contributed by atoms with Crippen molar-refractivity contribution in [2.24, 2.45) is 0 Å². The van der Waals surface area contributed by atoms with Gasteiger partial charge in [0.15, 0.2) is 11.4 Å². The van der Waals surface area contributed by atoms with E-state index in [4.69, 9.17) is 10.2 Å². The molecule has 3 heterocycles. The Bertz CT molecular complexity index is 977. The van der Waals surface area contributed by atoms with Crippen LogP contribution in [0.15, 0.2) is 53.3 Å². The van der Waals surface area contributed by atoms with Crippen molar-refractivity contribution in [3.63, 3.8) is 0 Å². The Morgan fingerprint density at radius 1 is 1.09 bits per heavy atom. The molecule has 0 aliphatic heterocycles. The zero-order chi connectivity index (χ0) is 15.8. The first-order chi connectivity index (χ1) is 11.2. The summed E-state index contributed by atoms with van der Waals surface area (Å²) in [7, 11) is 0. The second-order valence-corrected chi connectivity index (χ2v) is 5.06. The van der Waals surface area contributed by atoms with Crippen LogP contribution in [0.5, 0.6) is 0 Å².